The molecule has 0 spiro atoms. The van der Waals surface area contributed by atoms with Crippen molar-refractivity contribution >= 4 is 11.8 Å². The number of carbonyl (C=O) groups is 2. The van der Waals surface area contributed by atoms with E-state index >= 15 is 0 Å². The number of aromatic nitrogens is 1. The summed E-state index contributed by atoms with van der Waals surface area (Å²) in [5.74, 6) is 0.528. The maximum atomic E-state index is 12.3. The van der Waals surface area contributed by atoms with E-state index in [-0.39, 0.29) is 30.1 Å². The van der Waals surface area contributed by atoms with Crippen molar-refractivity contribution in [2.24, 2.45) is 0 Å². The van der Waals surface area contributed by atoms with Crippen molar-refractivity contribution in [2.45, 2.75) is 19.9 Å². The summed E-state index contributed by atoms with van der Waals surface area (Å²) in [5.41, 5.74) is 0.897. The first-order chi connectivity index (χ1) is 11.4. The molecular formula is C17H21N3O4. The largest absolute Gasteiger partial charge is 0.497 e. The van der Waals surface area contributed by atoms with Crippen LogP contribution in [0.3, 0.4) is 0 Å². The summed E-state index contributed by atoms with van der Waals surface area (Å²) in [5, 5.41) is 6.53. The molecule has 24 heavy (non-hydrogen) atoms. The monoisotopic (exact) mass is 331 g/mol. The van der Waals surface area contributed by atoms with Crippen molar-refractivity contribution in [2.75, 3.05) is 20.7 Å². The quantitative estimate of drug-likeness (QED) is 0.874. The molecule has 7 heteroatoms. The molecule has 2 aromatic rings. The van der Waals surface area contributed by atoms with Crippen LogP contribution in [0.2, 0.25) is 0 Å². The van der Waals surface area contributed by atoms with Crippen LogP contribution in [0.1, 0.15) is 24.3 Å². The van der Waals surface area contributed by atoms with Crippen LogP contribution in [0, 0.1) is 0 Å². The van der Waals surface area contributed by atoms with Crippen molar-refractivity contribution in [1.82, 2.24) is 15.4 Å². The Morgan fingerprint density at radius 1 is 1.33 bits per heavy atom. The average molecular weight is 331 g/mol. The lowest BCUT2D eigenvalue weighted by Gasteiger charge is -2.16. The van der Waals surface area contributed by atoms with E-state index in [1.807, 2.05) is 32.0 Å². The van der Waals surface area contributed by atoms with Crippen LogP contribution in [-0.4, -0.2) is 48.6 Å². The third-order valence-electron chi connectivity index (χ3n) is 3.26. The first-order valence-corrected chi connectivity index (χ1v) is 7.56. The van der Waals surface area contributed by atoms with Gasteiger partial charge < -0.3 is 19.5 Å². The number of methoxy groups -OCH3 is 1. The van der Waals surface area contributed by atoms with E-state index in [1.54, 1.807) is 26.3 Å². The number of hydrogen-bond acceptors (Lipinski definition) is 5. The summed E-state index contributed by atoms with van der Waals surface area (Å²) in [6.07, 6.45) is 0. The van der Waals surface area contributed by atoms with E-state index in [1.165, 1.54) is 4.90 Å². The fourth-order valence-corrected chi connectivity index (χ4v) is 2.14. The fourth-order valence-electron chi connectivity index (χ4n) is 2.14. The van der Waals surface area contributed by atoms with Gasteiger partial charge in [0.1, 0.15) is 5.75 Å². The molecule has 0 aliphatic carbocycles. The van der Waals surface area contributed by atoms with E-state index < -0.39 is 0 Å². The topological polar surface area (TPSA) is 84.7 Å². The summed E-state index contributed by atoms with van der Waals surface area (Å²) in [4.78, 5) is 25.4. The zero-order valence-corrected chi connectivity index (χ0v) is 14.2. The standard InChI is InChI=1S/C17H21N3O4/c1-11(2)18-16(21)10-20(3)17(22)14-9-15(24-19-14)12-6-5-7-13(8-12)23-4/h5-9,11H,10H2,1-4H3,(H,18,21). The molecule has 0 unspecified atom stereocenters. The van der Waals surface area contributed by atoms with Gasteiger partial charge in [0, 0.05) is 24.7 Å². The van der Waals surface area contributed by atoms with Gasteiger partial charge in [-0.1, -0.05) is 17.3 Å². The molecule has 7 nitrogen and oxygen atoms in total. The van der Waals surface area contributed by atoms with Gasteiger partial charge in [-0.2, -0.15) is 0 Å². The van der Waals surface area contributed by atoms with E-state index in [4.69, 9.17) is 9.26 Å². The summed E-state index contributed by atoms with van der Waals surface area (Å²) >= 11 is 0. The zero-order valence-electron chi connectivity index (χ0n) is 14.2. The Morgan fingerprint density at radius 3 is 2.75 bits per heavy atom. The molecule has 0 bridgehead atoms. The summed E-state index contributed by atoms with van der Waals surface area (Å²) in [6.45, 7) is 3.67. The number of amides is 2. The number of nitrogens with one attached hydrogen (secondary N) is 1. The molecule has 1 aromatic heterocycles. The number of nitrogens with zero attached hydrogens (tertiary/aromatic N) is 2. The second kappa shape index (κ2) is 7.63. The van der Waals surface area contributed by atoms with Crippen LogP contribution in [0.5, 0.6) is 5.75 Å². The van der Waals surface area contributed by atoms with Crippen molar-refractivity contribution < 1.29 is 18.8 Å². The normalized spacial score (nSPS) is 10.5. The lowest BCUT2D eigenvalue weighted by Crippen LogP contribution is -2.40. The van der Waals surface area contributed by atoms with Crippen molar-refractivity contribution in [3.63, 3.8) is 0 Å². The van der Waals surface area contributed by atoms with Crippen LogP contribution in [-0.2, 0) is 4.79 Å². The molecule has 2 amide bonds. The Kier molecular flexibility index (Phi) is 5.57. The van der Waals surface area contributed by atoms with Crippen LogP contribution in [0.15, 0.2) is 34.9 Å². The van der Waals surface area contributed by atoms with Gasteiger partial charge in [-0.05, 0) is 26.0 Å². The first kappa shape index (κ1) is 17.5. The Labute approximate surface area is 140 Å². The minimum absolute atomic E-state index is 0.0210. The number of ether oxygens (including phenoxy) is 1. The first-order valence-electron chi connectivity index (χ1n) is 7.56. The molecule has 0 fully saturated rings. The van der Waals surface area contributed by atoms with Gasteiger partial charge in [0.05, 0.1) is 13.7 Å². The molecule has 0 saturated heterocycles. The number of hydrogen-bond donors (Lipinski definition) is 1. The Morgan fingerprint density at radius 2 is 2.08 bits per heavy atom. The van der Waals surface area contributed by atoms with Gasteiger partial charge in [-0.25, -0.2) is 0 Å². The van der Waals surface area contributed by atoms with Gasteiger partial charge in [0.15, 0.2) is 11.5 Å². The predicted molar refractivity (Wildman–Crippen MR) is 88.7 cm³/mol. The second-order valence-corrected chi connectivity index (χ2v) is 5.69. The molecular weight excluding hydrogens is 310 g/mol. The number of rotatable bonds is 6. The lowest BCUT2D eigenvalue weighted by atomic mass is 10.1. The molecule has 0 radical (unpaired) electrons. The van der Waals surface area contributed by atoms with Gasteiger partial charge in [-0.15, -0.1) is 0 Å². The minimum atomic E-state index is -0.383. The minimum Gasteiger partial charge on any atom is -0.497 e. The Bertz CT molecular complexity index is 724. The molecule has 0 aliphatic heterocycles. The van der Waals surface area contributed by atoms with Gasteiger partial charge in [-0.3, -0.25) is 9.59 Å². The third kappa shape index (κ3) is 4.34. The molecule has 2 rings (SSSR count). The molecule has 0 aliphatic rings. The maximum absolute atomic E-state index is 12.3. The highest BCUT2D eigenvalue weighted by molar-refractivity contribution is 5.95. The molecule has 0 saturated carbocycles. The molecule has 0 atom stereocenters. The highest BCUT2D eigenvalue weighted by Crippen LogP contribution is 2.24. The highest BCUT2D eigenvalue weighted by atomic mass is 16.5. The second-order valence-electron chi connectivity index (χ2n) is 5.69. The van der Waals surface area contributed by atoms with E-state index in [0.717, 1.165) is 5.56 Å². The number of carbonyl (C=O) groups excluding carboxylic acids is 2. The smallest absolute Gasteiger partial charge is 0.276 e. The molecule has 128 valence electrons. The van der Waals surface area contributed by atoms with Gasteiger partial charge in [0.25, 0.3) is 5.91 Å². The fraction of sp³-hybridized carbons (Fsp3) is 0.353. The molecule has 1 aromatic carbocycles. The van der Waals surface area contributed by atoms with Crippen molar-refractivity contribution in [1.29, 1.82) is 0 Å². The number of likely N-dealkylation sites (N-methyl/N-ethyl adjacent to an activating group) is 1. The van der Waals surface area contributed by atoms with Crippen LogP contribution in [0.25, 0.3) is 11.3 Å². The Balaban J connectivity index is 2.09. The van der Waals surface area contributed by atoms with Gasteiger partial charge >= 0.3 is 0 Å². The van der Waals surface area contributed by atoms with Gasteiger partial charge in [0.2, 0.25) is 5.91 Å². The van der Waals surface area contributed by atoms with Crippen LogP contribution < -0.4 is 10.1 Å². The van der Waals surface area contributed by atoms with E-state index in [0.29, 0.717) is 11.5 Å². The van der Waals surface area contributed by atoms with Crippen molar-refractivity contribution in [3.8, 4) is 17.1 Å². The predicted octanol–water partition coefficient (Wildman–Crippen LogP) is 1.95. The maximum Gasteiger partial charge on any atom is 0.276 e. The molecule has 1 heterocycles. The average Bonchev–Trinajstić information content (AvgIpc) is 3.03. The van der Waals surface area contributed by atoms with Crippen LogP contribution >= 0.6 is 0 Å². The van der Waals surface area contributed by atoms with Crippen molar-refractivity contribution in [3.05, 3.63) is 36.0 Å². The highest BCUT2D eigenvalue weighted by Gasteiger charge is 2.20. The van der Waals surface area contributed by atoms with E-state index in [2.05, 4.69) is 10.5 Å². The summed E-state index contributed by atoms with van der Waals surface area (Å²) in [6, 6.07) is 8.82. The summed E-state index contributed by atoms with van der Waals surface area (Å²) in [7, 11) is 3.12. The van der Waals surface area contributed by atoms with Crippen LogP contribution in [0.4, 0.5) is 0 Å². The lowest BCUT2D eigenvalue weighted by molar-refractivity contribution is -0.122. The summed E-state index contributed by atoms with van der Waals surface area (Å²) < 4.78 is 10.4. The molecule has 1 N–H and O–H groups in total. The van der Waals surface area contributed by atoms with E-state index in [9.17, 15) is 9.59 Å². The zero-order chi connectivity index (χ0) is 17.7. The third-order valence-corrected chi connectivity index (χ3v) is 3.26. The number of benzene rings is 1. The Hall–Kier alpha value is -2.83. The SMILES string of the molecule is COc1cccc(-c2cc(C(=O)N(C)CC(=O)NC(C)C)no2)c1.